The Kier molecular flexibility index (Phi) is 3.69. The minimum Gasteiger partial charge on any atom is -0.476 e. The zero-order valence-corrected chi connectivity index (χ0v) is 9.46. The van der Waals surface area contributed by atoms with E-state index in [1.165, 1.54) is 0 Å². The average Bonchev–Trinajstić information content (AvgIpc) is 2.24. The fraction of sp³-hybridized carbons (Fsp3) is 0.636. The minimum absolute atomic E-state index is 0.233. The van der Waals surface area contributed by atoms with Crippen LogP contribution in [0.3, 0.4) is 0 Å². The van der Waals surface area contributed by atoms with E-state index in [1.807, 2.05) is 6.92 Å². The van der Waals surface area contributed by atoms with E-state index in [-0.39, 0.29) is 6.61 Å². The summed E-state index contributed by atoms with van der Waals surface area (Å²) < 4.78 is 5.53. The highest BCUT2D eigenvalue weighted by molar-refractivity contribution is 5.06. The van der Waals surface area contributed by atoms with Gasteiger partial charge in [0.1, 0.15) is 0 Å². The molecule has 0 aliphatic carbocycles. The third-order valence-electron chi connectivity index (χ3n) is 2.67. The molecular weight excluding hydrogens is 206 g/mol. The van der Waals surface area contributed by atoms with Crippen molar-refractivity contribution in [1.29, 1.82) is 0 Å². The van der Waals surface area contributed by atoms with Gasteiger partial charge in [0.25, 0.3) is 0 Å². The standard InChI is InChI=1S/C11H17N3O2/c1-9-4-13-11(5-12-9)16-8-10-6-14(7-10)2-3-15/h4-5,10,15H,2-3,6-8H2,1H3. The lowest BCUT2D eigenvalue weighted by atomic mass is 10.0. The summed E-state index contributed by atoms with van der Waals surface area (Å²) in [6, 6.07) is 0. The third kappa shape index (κ3) is 2.90. The van der Waals surface area contributed by atoms with Gasteiger partial charge in [-0.25, -0.2) is 4.98 Å². The summed E-state index contributed by atoms with van der Waals surface area (Å²) >= 11 is 0. The summed E-state index contributed by atoms with van der Waals surface area (Å²) in [4.78, 5) is 10.4. The van der Waals surface area contributed by atoms with Crippen LogP contribution in [-0.4, -0.2) is 52.8 Å². The molecule has 1 aliphatic heterocycles. The Morgan fingerprint density at radius 2 is 2.25 bits per heavy atom. The topological polar surface area (TPSA) is 58.5 Å². The predicted octanol–water partition coefficient (Wildman–Crippen LogP) is 0.0879. The van der Waals surface area contributed by atoms with Crippen molar-refractivity contribution in [3.05, 3.63) is 18.1 Å². The first-order valence-corrected chi connectivity index (χ1v) is 5.52. The Morgan fingerprint density at radius 1 is 1.44 bits per heavy atom. The predicted molar refractivity (Wildman–Crippen MR) is 59.3 cm³/mol. The lowest BCUT2D eigenvalue weighted by Gasteiger charge is -2.38. The van der Waals surface area contributed by atoms with Crippen molar-refractivity contribution < 1.29 is 9.84 Å². The van der Waals surface area contributed by atoms with Gasteiger partial charge in [-0.15, -0.1) is 0 Å². The number of aromatic nitrogens is 2. The number of β-amino-alcohol motifs (C(OH)–C–C–N with tert-alkyl or cyclic N) is 1. The summed E-state index contributed by atoms with van der Waals surface area (Å²) in [6.45, 7) is 5.58. The van der Waals surface area contributed by atoms with Crippen molar-refractivity contribution in [1.82, 2.24) is 14.9 Å². The largest absolute Gasteiger partial charge is 0.476 e. The molecule has 0 spiro atoms. The van der Waals surface area contributed by atoms with Crippen molar-refractivity contribution >= 4 is 0 Å². The summed E-state index contributed by atoms with van der Waals surface area (Å²) in [5, 5.41) is 8.73. The number of hydrogen-bond donors (Lipinski definition) is 1. The molecular formula is C11H17N3O2. The van der Waals surface area contributed by atoms with E-state index < -0.39 is 0 Å². The Labute approximate surface area is 95.1 Å². The number of aliphatic hydroxyl groups is 1. The van der Waals surface area contributed by atoms with Crippen LogP contribution in [0.4, 0.5) is 0 Å². The molecule has 1 aromatic heterocycles. The maximum atomic E-state index is 8.73. The SMILES string of the molecule is Cc1cnc(OCC2CN(CCO)C2)cn1. The Balaban J connectivity index is 1.67. The second-order valence-corrected chi connectivity index (χ2v) is 4.16. The van der Waals surface area contributed by atoms with E-state index in [9.17, 15) is 0 Å². The van der Waals surface area contributed by atoms with Crippen molar-refractivity contribution in [2.24, 2.45) is 5.92 Å². The number of rotatable bonds is 5. The molecule has 16 heavy (non-hydrogen) atoms. The minimum atomic E-state index is 0.233. The number of likely N-dealkylation sites (tertiary alicyclic amines) is 1. The van der Waals surface area contributed by atoms with Gasteiger partial charge in [0.05, 0.1) is 31.3 Å². The Morgan fingerprint density at radius 3 is 2.88 bits per heavy atom. The Bertz CT molecular complexity index is 323. The molecule has 1 N–H and O–H groups in total. The first-order valence-electron chi connectivity index (χ1n) is 5.52. The molecule has 1 aliphatic rings. The van der Waals surface area contributed by atoms with Crippen LogP contribution in [0.15, 0.2) is 12.4 Å². The van der Waals surface area contributed by atoms with Gasteiger partial charge in [0.15, 0.2) is 0 Å². The van der Waals surface area contributed by atoms with Crippen LogP contribution in [0, 0.1) is 12.8 Å². The second kappa shape index (κ2) is 5.23. The van der Waals surface area contributed by atoms with Crippen LogP contribution >= 0.6 is 0 Å². The van der Waals surface area contributed by atoms with Gasteiger partial charge in [-0.1, -0.05) is 0 Å². The van der Waals surface area contributed by atoms with E-state index in [4.69, 9.17) is 9.84 Å². The van der Waals surface area contributed by atoms with Crippen molar-refractivity contribution in [3.63, 3.8) is 0 Å². The highest BCUT2D eigenvalue weighted by Gasteiger charge is 2.26. The molecule has 88 valence electrons. The lowest BCUT2D eigenvalue weighted by Crippen LogP contribution is -2.50. The molecule has 0 amide bonds. The number of nitrogens with zero attached hydrogens (tertiary/aromatic N) is 3. The Hall–Kier alpha value is -1.20. The molecule has 1 fully saturated rings. The van der Waals surface area contributed by atoms with Gasteiger partial charge in [-0.3, -0.25) is 4.98 Å². The summed E-state index contributed by atoms with van der Waals surface area (Å²) in [5.41, 5.74) is 0.894. The molecule has 0 radical (unpaired) electrons. The lowest BCUT2D eigenvalue weighted by molar-refractivity contribution is 0.0467. The van der Waals surface area contributed by atoms with Crippen molar-refractivity contribution in [2.75, 3.05) is 32.8 Å². The van der Waals surface area contributed by atoms with E-state index in [0.29, 0.717) is 18.4 Å². The van der Waals surface area contributed by atoms with Gasteiger partial charge in [0, 0.05) is 25.6 Å². The van der Waals surface area contributed by atoms with Crippen LogP contribution < -0.4 is 4.74 Å². The molecule has 2 heterocycles. The van der Waals surface area contributed by atoms with Crippen LogP contribution in [0.25, 0.3) is 0 Å². The van der Waals surface area contributed by atoms with Gasteiger partial charge in [0.2, 0.25) is 5.88 Å². The van der Waals surface area contributed by atoms with E-state index in [0.717, 1.165) is 25.3 Å². The summed E-state index contributed by atoms with van der Waals surface area (Å²) in [6.07, 6.45) is 3.35. The quantitative estimate of drug-likeness (QED) is 0.766. The van der Waals surface area contributed by atoms with Crippen LogP contribution in [0.2, 0.25) is 0 Å². The van der Waals surface area contributed by atoms with Gasteiger partial charge in [-0.2, -0.15) is 0 Å². The second-order valence-electron chi connectivity index (χ2n) is 4.16. The molecule has 0 unspecified atom stereocenters. The molecule has 5 nitrogen and oxygen atoms in total. The molecule has 0 atom stereocenters. The average molecular weight is 223 g/mol. The zero-order valence-electron chi connectivity index (χ0n) is 9.46. The zero-order chi connectivity index (χ0) is 11.4. The summed E-state index contributed by atoms with van der Waals surface area (Å²) in [7, 11) is 0. The molecule has 5 heteroatoms. The maximum Gasteiger partial charge on any atom is 0.232 e. The van der Waals surface area contributed by atoms with E-state index >= 15 is 0 Å². The van der Waals surface area contributed by atoms with E-state index in [1.54, 1.807) is 12.4 Å². The van der Waals surface area contributed by atoms with Crippen molar-refractivity contribution in [3.8, 4) is 5.88 Å². The molecule has 1 saturated heterocycles. The number of aryl methyl sites for hydroxylation is 1. The third-order valence-corrected chi connectivity index (χ3v) is 2.67. The van der Waals surface area contributed by atoms with Gasteiger partial charge >= 0.3 is 0 Å². The van der Waals surface area contributed by atoms with Crippen LogP contribution in [-0.2, 0) is 0 Å². The summed E-state index contributed by atoms with van der Waals surface area (Å²) in [5.74, 6) is 1.14. The molecule has 2 rings (SSSR count). The normalized spacial score (nSPS) is 17.1. The molecule has 0 aromatic carbocycles. The molecule has 0 bridgehead atoms. The maximum absolute atomic E-state index is 8.73. The van der Waals surface area contributed by atoms with Gasteiger partial charge in [-0.05, 0) is 6.92 Å². The van der Waals surface area contributed by atoms with Crippen LogP contribution in [0.1, 0.15) is 5.69 Å². The van der Waals surface area contributed by atoms with Gasteiger partial charge < -0.3 is 14.7 Å². The van der Waals surface area contributed by atoms with E-state index in [2.05, 4.69) is 14.9 Å². The number of hydrogen-bond acceptors (Lipinski definition) is 5. The first-order chi connectivity index (χ1) is 7.78. The highest BCUT2D eigenvalue weighted by atomic mass is 16.5. The first kappa shape index (κ1) is 11.3. The fourth-order valence-corrected chi connectivity index (χ4v) is 1.76. The fourth-order valence-electron chi connectivity index (χ4n) is 1.76. The smallest absolute Gasteiger partial charge is 0.232 e. The molecule has 1 aromatic rings. The molecule has 0 saturated carbocycles. The highest BCUT2D eigenvalue weighted by Crippen LogP contribution is 2.16. The van der Waals surface area contributed by atoms with Crippen molar-refractivity contribution in [2.45, 2.75) is 6.92 Å². The monoisotopic (exact) mass is 223 g/mol. The number of aliphatic hydroxyl groups excluding tert-OH is 1. The number of ether oxygens (including phenoxy) is 1. The van der Waals surface area contributed by atoms with Crippen LogP contribution in [0.5, 0.6) is 5.88 Å².